The van der Waals surface area contributed by atoms with E-state index in [0.29, 0.717) is 25.4 Å². The van der Waals surface area contributed by atoms with Crippen molar-refractivity contribution in [1.82, 2.24) is 0 Å². The Balaban J connectivity index is 2.39. The maximum absolute atomic E-state index is 13.6. The van der Waals surface area contributed by atoms with Crippen molar-refractivity contribution in [2.24, 2.45) is 0 Å². The number of methoxy groups -OCH3 is 1. The lowest BCUT2D eigenvalue weighted by Gasteiger charge is -2.07. The summed E-state index contributed by atoms with van der Waals surface area (Å²) in [5.74, 6) is -1.28. The first-order valence-electron chi connectivity index (χ1n) is 6.21. The normalized spacial score (nSPS) is 10.5. The molecule has 0 aromatic heterocycles. The number of hydrogen-bond donors (Lipinski definition) is 0. The molecule has 0 amide bonds. The Labute approximate surface area is 112 Å². The van der Waals surface area contributed by atoms with Crippen molar-refractivity contribution in [2.75, 3.05) is 26.9 Å². The summed E-state index contributed by atoms with van der Waals surface area (Å²) in [7, 11) is 1.22. The Bertz CT molecular complexity index is 406. The van der Waals surface area contributed by atoms with E-state index in [-0.39, 0.29) is 12.2 Å². The SMILES string of the molecule is CCCOCCOCc1ccc(C(=O)OC)c(F)c1. The van der Waals surface area contributed by atoms with E-state index in [2.05, 4.69) is 4.74 Å². The lowest BCUT2D eigenvalue weighted by atomic mass is 10.1. The van der Waals surface area contributed by atoms with E-state index in [1.807, 2.05) is 6.92 Å². The molecule has 106 valence electrons. The summed E-state index contributed by atoms with van der Waals surface area (Å²) in [6, 6.07) is 4.31. The summed E-state index contributed by atoms with van der Waals surface area (Å²) < 4.78 is 28.6. The Morgan fingerprint density at radius 2 is 1.95 bits per heavy atom. The molecule has 0 aliphatic heterocycles. The average molecular weight is 270 g/mol. The van der Waals surface area contributed by atoms with E-state index in [1.54, 1.807) is 6.07 Å². The monoisotopic (exact) mass is 270 g/mol. The van der Waals surface area contributed by atoms with Gasteiger partial charge >= 0.3 is 5.97 Å². The molecule has 0 radical (unpaired) electrons. The van der Waals surface area contributed by atoms with Gasteiger partial charge in [-0.3, -0.25) is 0 Å². The van der Waals surface area contributed by atoms with Crippen LogP contribution < -0.4 is 0 Å². The number of ether oxygens (including phenoxy) is 3. The van der Waals surface area contributed by atoms with Crippen LogP contribution in [0.5, 0.6) is 0 Å². The zero-order valence-corrected chi connectivity index (χ0v) is 11.3. The highest BCUT2D eigenvalue weighted by molar-refractivity contribution is 5.89. The Morgan fingerprint density at radius 1 is 1.21 bits per heavy atom. The maximum Gasteiger partial charge on any atom is 0.340 e. The quantitative estimate of drug-likeness (QED) is 0.538. The summed E-state index contributed by atoms with van der Waals surface area (Å²) in [6.45, 7) is 4.02. The van der Waals surface area contributed by atoms with Gasteiger partial charge in [0.1, 0.15) is 5.82 Å². The smallest absolute Gasteiger partial charge is 0.340 e. The third kappa shape index (κ3) is 5.36. The summed E-state index contributed by atoms with van der Waals surface area (Å²) in [5.41, 5.74) is 0.596. The molecule has 0 aliphatic rings. The number of carbonyl (C=O) groups is 1. The third-order valence-corrected chi connectivity index (χ3v) is 2.43. The second-order valence-electron chi connectivity index (χ2n) is 3.97. The molecule has 19 heavy (non-hydrogen) atoms. The van der Waals surface area contributed by atoms with Gasteiger partial charge in [0.15, 0.2) is 0 Å². The third-order valence-electron chi connectivity index (χ3n) is 2.43. The van der Waals surface area contributed by atoms with E-state index >= 15 is 0 Å². The number of hydrogen-bond acceptors (Lipinski definition) is 4. The maximum atomic E-state index is 13.6. The highest BCUT2D eigenvalue weighted by atomic mass is 19.1. The van der Waals surface area contributed by atoms with Crippen LogP contribution in [-0.4, -0.2) is 32.9 Å². The Kier molecular flexibility index (Phi) is 7.07. The zero-order chi connectivity index (χ0) is 14.1. The van der Waals surface area contributed by atoms with Crippen molar-refractivity contribution < 1.29 is 23.4 Å². The molecule has 5 heteroatoms. The van der Waals surface area contributed by atoms with Crippen molar-refractivity contribution in [3.63, 3.8) is 0 Å². The molecular formula is C14H19FO4. The van der Waals surface area contributed by atoms with Gasteiger partial charge in [0.05, 0.1) is 32.5 Å². The number of benzene rings is 1. The molecule has 0 saturated carbocycles. The molecule has 0 fully saturated rings. The standard InChI is InChI=1S/C14H19FO4/c1-3-6-18-7-8-19-10-11-4-5-12(13(15)9-11)14(16)17-2/h4-5,9H,3,6-8,10H2,1-2H3. The number of esters is 1. The van der Waals surface area contributed by atoms with Gasteiger partial charge in [-0.2, -0.15) is 0 Å². The van der Waals surface area contributed by atoms with E-state index in [4.69, 9.17) is 9.47 Å². The van der Waals surface area contributed by atoms with Crippen molar-refractivity contribution in [2.45, 2.75) is 20.0 Å². The number of carbonyl (C=O) groups excluding carboxylic acids is 1. The highest BCUT2D eigenvalue weighted by Gasteiger charge is 2.12. The number of rotatable bonds is 8. The van der Waals surface area contributed by atoms with E-state index in [9.17, 15) is 9.18 Å². The molecule has 1 aromatic rings. The zero-order valence-electron chi connectivity index (χ0n) is 11.3. The highest BCUT2D eigenvalue weighted by Crippen LogP contribution is 2.12. The molecule has 0 atom stereocenters. The van der Waals surface area contributed by atoms with Gasteiger partial charge in [-0.1, -0.05) is 13.0 Å². The molecule has 0 spiro atoms. The largest absolute Gasteiger partial charge is 0.465 e. The fourth-order valence-corrected chi connectivity index (χ4v) is 1.48. The van der Waals surface area contributed by atoms with Crippen LogP contribution in [0.1, 0.15) is 29.3 Å². The summed E-state index contributed by atoms with van der Waals surface area (Å²) in [4.78, 5) is 11.2. The minimum atomic E-state index is -0.682. The van der Waals surface area contributed by atoms with Crippen LogP contribution in [0.25, 0.3) is 0 Å². The Morgan fingerprint density at radius 3 is 2.58 bits per heavy atom. The van der Waals surface area contributed by atoms with Gasteiger partial charge in [-0.15, -0.1) is 0 Å². The van der Waals surface area contributed by atoms with E-state index < -0.39 is 11.8 Å². The molecule has 4 nitrogen and oxygen atoms in total. The van der Waals surface area contributed by atoms with Crippen molar-refractivity contribution >= 4 is 5.97 Å². The molecule has 0 aliphatic carbocycles. The van der Waals surface area contributed by atoms with Gasteiger partial charge in [0.25, 0.3) is 0 Å². The molecule has 0 unspecified atom stereocenters. The second-order valence-corrected chi connectivity index (χ2v) is 3.97. The predicted octanol–water partition coefficient (Wildman–Crippen LogP) is 2.56. The predicted molar refractivity (Wildman–Crippen MR) is 68.5 cm³/mol. The van der Waals surface area contributed by atoms with Crippen LogP contribution >= 0.6 is 0 Å². The molecule has 0 bridgehead atoms. The summed E-state index contributed by atoms with van der Waals surface area (Å²) >= 11 is 0. The van der Waals surface area contributed by atoms with Gasteiger partial charge in [-0.05, 0) is 24.1 Å². The first kappa shape index (κ1) is 15.6. The van der Waals surface area contributed by atoms with E-state index in [0.717, 1.165) is 6.42 Å². The lowest BCUT2D eigenvalue weighted by Crippen LogP contribution is -2.07. The average Bonchev–Trinajstić information content (AvgIpc) is 2.42. The lowest BCUT2D eigenvalue weighted by molar-refractivity contribution is 0.0407. The first-order chi connectivity index (χ1) is 9.19. The second kappa shape index (κ2) is 8.61. The van der Waals surface area contributed by atoms with Crippen molar-refractivity contribution in [1.29, 1.82) is 0 Å². The Hall–Kier alpha value is -1.46. The van der Waals surface area contributed by atoms with Gasteiger partial charge < -0.3 is 14.2 Å². The van der Waals surface area contributed by atoms with Crippen molar-refractivity contribution in [3.05, 3.63) is 35.1 Å². The molecule has 1 aromatic carbocycles. The summed E-state index contributed by atoms with van der Waals surface area (Å²) in [5, 5.41) is 0. The molecular weight excluding hydrogens is 251 g/mol. The first-order valence-corrected chi connectivity index (χ1v) is 6.21. The molecule has 0 heterocycles. The number of halogens is 1. The minimum Gasteiger partial charge on any atom is -0.465 e. The van der Waals surface area contributed by atoms with Crippen molar-refractivity contribution in [3.8, 4) is 0 Å². The van der Waals surface area contributed by atoms with Crippen LogP contribution in [0.15, 0.2) is 18.2 Å². The molecule has 1 rings (SSSR count). The van der Waals surface area contributed by atoms with E-state index in [1.165, 1.54) is 19.2 Å². The van der Waals surface area contributed by atoms with Crippen LogP contribution in [0.4, 0.5) is 4.39 Å². The summed E-state index contributed by atoms with van der Waals surface area (Å²) in [6.07, 6.45) is 0.972. The van der Waals surface area contributed by atoms with Gasteiger partial charge in [-0.25, -0.2) is 9.18 Å². The van der Waals surface area contributed by atoms with Crippen LogP contribution in [0.3, 0.4) is 0 Å². The molecule has 0 N–H and O–H groups in total. The van der Waals surface area contributed by atoms with Crippen LogP contribution in [0.2, 0.25) is 0 Å². The van der Waals surface area contributed by atoms with Crippen LogP contribution in [-0.2, 0) is 20.8 Å². The van der Waals surface area contributed by atoms with Gasteiger partial charge in [0.2, 0.25) is 0 Å². The van der Waals surface area contributed by atoms with Crippen LogP contribution in [0, 0.1) is 5.82 Å². The minimum absolute atomic E-state index is 0.0717. The topological polar surface area (TPSA) is 44.8 Å². The fraction of sp³-hybridized carbons (Fsp3) is 0.500. The van der Waals surface area contributed by atoms with Gasteiger partial charge in [0, 0.05) is 6.61 Å². The molecule has 0 saturated heterocycles. The fourth-order valence-electron chi connectivity index (χ4n) is 1.48.